The van der Waals surface area contributed by atoms with E-state index < -0.39 is 6.04 Å². The summed E-state index contributed by atoms with van der Waals surface area (Å²) in [5.41, 5.74) is 12.2. The summed E-state index contributed by atoms with van der Waals surface area (Å²) in [6, 6.07) is 7.93. The molecule has 395 valence electrons. The predicted molar refractivity (Wildman–Crippen MR) is 300 cm³/mol. The Bertz CT molecular complexity index is 2290. The molecule has 1 radical (unpaired) electrons. The van der Waals surface area contributed by atoms with Crippen molar-refractivity contribution in [3.8, 4) is 0 Å². The zero-order chi connectivity index (χ0) is 52.8. The third-order valence-corrected chi connectivity index (χ3v) is 15.3. The number of carbonyl (C=O) groups excluding carboxylic acids is 4. The lowest BCUT2D eigenvalue weighted by atomic mass is 9.71. The Morgan fingerprint density at radius 3 is 2.06 bits per heavy atom. The lowest BCUT2D eigenvalue weighted by Crippen LogP contribution is -2.49. The molecule has 7 rings (SSSR count). The SMILES string of the molecule is CC.CCCCC.C[B]C.C\C=C(/C=C\C(=C(\C)CC)C(CCC)c1ccc2[nH]ncc2c1CCC)N1CCC2(CCN(C(=O)CN3Cc4cc5c(cc4C3)C(=O)N(C(CCC=O)C(=O)NC)C5)CC2)CC1. The second-order valence-corrected chi connectivity index (χ2v) is 20.2. The van der Waals surface area contributed by atoms with Crippen LogP contribution in [-0.2, 0) is 40.4 Å². The lowest BCUT2D eigenvalue weighted by Gasteiger charge is -2.47. The summed E-state index contributed by atoms with van der Waals surface area (Å²) in [4.78, 5) is 59.3. The highest BCUT2D eigenvalue weighted by molar-refractivity contribution is 6.31. The molecule has 5 heterocycles. The van der Waals surface area contributed by atoms with Gasteiger partial charge in [-0.15, -0.1) is 0 Å². The average Bonchev–Trinajstić information content (AvgIpc) is 4.13. The molecule has 3 aromatic rings. The molecule has 2 fully saturated rings. The molecule has 2 atom stereocenters. The normalized spacial score (nSPS) is 17.5. The van der Waals surface area contributed by atoms with Gasteiger partial charge in [0.1, 0.15) is 19.6 Å². The second kappa shape index (κ2) is 30.3. The number of unbranched alkanes of at least 4 members (excludes halogenated alkanes) is 2. The molecule has 2 unspecified atom stereocenters. The number of likely N-dealkylation sites (N-methyl/N-ethyl adjacent to an activating group) is 1. The third kappa shape index (κ3) is 15.1. The number of aromatic nitrogens is 2. The van der Waals surface area contributed by atoms with E-state index >= 15 is 0 Å². The van der Waals surface area contributed by atoms with Gasteiger partial charge >= 0.3 is 0 Å². The van der Waals surface area contributed by atoms with Crippen LogP contribution < -0.4 is 5.32 Å². The predicted octanol–water partition coefficient (Wildman–Crippen LogP) is 12.4. The van der Waals surface area contributed by atoms with Crippen LogP contribution in [0, 0.1) is 5.41 Å². The van der Waals surface area contributed by atoms with Gasteiger partial charge in [-0.2, -0.15) is 5.10 Å². The van der Waals surface area contributed by atoms with Gasteiger partial charge in [-0.1, -0.05) is 124 Å². The molecular weight excluding hydrogens is 894 g/mol. The number of carbonyl (C=O) groups is 4. The fourth-order valence-electron chi connectivity index (χ4n) is 11.1. The molecule has 2 saturated heterocycles. The van der Waals surface area contributed by atoms with Gasteiger partial charge in [0.05, 0.1) is 18.3 Å². The summed E-state index contributed by atoms with van der Waals surface area (Å²) in [6.07, 6.45) is 24.3. The highest BCUT2D eigenvalue weighted by Crippen LogP contribution is 2.43. The number of aryl methyl sites for hydroxylation is 1. The van der Waals surface area contributed by atoms with E-state index in [1.165, 1.54) is 52.6 Å². The smallest absolute Gasteiger partial charge is 0.255 e. The molecule has 0 bridgehead atoms. The van der Waals surface area contributed by atoms with Crippen LogP contribution in [0.25, 0.3) is 10.9 Å². The minimum Gasteiger partial charge on any atom is -0.372 e. The van der Waals surface area contributed by atoms with Crippen molar-refractivity contribution in [2.45, 2.75) is 197 Å². The Labute approximate surface area is 436 Å². The maximum Gasteiger partial charge on any atom is 0.255 e. The van der Waals surface area contributed by atoms with Gasteiger partial charge in [-0.3, -0.25) is 24.4 Å². The molecule has 12 heteroatoms. The van der Waals surface area contributed by atoms with E-state index in [0.29, 0.717) is 44.1 Å². The number of likely N-dealkylation sites (tertiary alicyclic amines) is 2. The number of nitrogens with zero attached hydrogens (tertiary/aromatic N) is 5. The van der Waals surface area contributed by atoms with E-state index in [4.69, 9.17) is 0 Å². The summed E-state index contributed by atoms with van der Waals surface area (Å²) < 4.78 is 0. The van der Waals surface area contributed by atoms with Gasteiger partial charge in [0.25, 0.3) is 5.91 Å². The number of piperidine rings is 2. The number of hydrogen-bond donors (Lipinski definition) is 2. The quantitative estimate of drug-likeness (QED) is 0.0697. The monoisotopic (exact) mass is 987 g/mol. The number of rotatable bonds is 19. The van der Waals surface area contributed by atoms with Crippen LogP contribution in [-0.4, -0.2) is 107 Å². The summed E-state index contributed by atoms with van der Waals surface area (Å²) in [6.45, 7) is 29.4. The number of benzene rings is 2. The molecular formula is C60H93BN7O4. The maximum absolute atomic E-state index is 13.7. The molecule has 11 nitrogen and oxygen atoms in total. The van der Waals surface area contributed by atoms with Crippen molar-refractivity contribution in [1.29, 1.82) is 0 Å². The number of allylic oxidation sites excluding steroid dienone is 5. The summed E-state index contributed by atoms with van der Waals surface area (Å²) >= 11 is 0. The van der Waals surface area contributed by atoms with Crippen LogP contribution >= 0.6 is 0 Å². The molecule has 72 heavy (non-hydrogen) atoms. The van der Waals surface area contributed by atoms with E-state index in [0.717, 1.165) is 112 Å². The Kier molecular flexibility index (Phi) is 25.1. The average molecular weight is 987 g/mol. The largest absolute Gasteiger partial charge is 0.372 e. The lowest BCUT2D eigenvalue weighted by molar-refractivity contribution is -0.135. The third-order valence-electron chi connectivity index (χ3n) is 15.3. The van der Waals surface area contributed by atoms with Crippen LogP contribution in [0.4, 0.5) is 0 Å². The Morgan fingerprint density at radius 2 is 1.50 bits per heavy atom. The van der Waals surface area contributed by atoms with Gasteiger partial charge in [-0.25, -0.2) is 0 Å². The Balaban J connectivity index is 0.00000104. The maximum atomic E-state index is 13.7. The summed E-state index contributed by atoms with van der Waals surface area (Å²) in [5, 5.41) is 11.5. The Morgan fingerprint density at radius 1 is 0.861 bits per heavy atom. The Hall–Kier alpha value is -4.97. The van der Waals surface area contributed by atoms with Crippen LogP contribution in [0.15, 0.2) is 65.5 Å². The van der Waals surface area contributed by atoms with Crippen molar-refractivity contribution >= 4 is 42.2 Å². The number of aromatic amines is 1. The first kappa shape index (κ1) is 59.6. The van der Waals surface area contributed by atoms with E-state index in [1.807, 2.05) is 47.0 Å². The zero-order valence-electron chi connectivity index (χ0n) is 46.9. The number of amides is 3. The fourth-order valence-corrected chi connectivity index (χ4v) is 11.1. The van der Waals surface area contributed by atoms with Crippen LogP contribution in [0.2, 0.25) is 13.6 Å². The van der Waals surface area contributed by atoms with Gasteiger partial charge in [0.15, 0.2) is 0 Å². The number of fused-ring (bicyclic) bond motifs is 3. The number of hydrogen-bond acceptors (Lipinski definition) is 7. The van der Waals surface area contributed by atoms with Gasteiger partial charge in [-0.05, 0) is 122 Å². The van der Waals surface area contributed by atoms with Crippen molar-refractivity contribution in [1.82, 2.24) is 35.1 Å². The van der Waals surface area contributed by atoms with Crippen molar-refractivity contribution in [2.24, 2.45) is 5.41 Å². The zero-order valence-corrected chi connectivity index (χ0v) is 46.9. The van der Waals surface area contributed by atoms with Gasteiger partial charge < -0.3 is 24.8 Å². The van der Waals surface area contributed by atoms with Gasteiger partial charge in [0.2, 0.25) is 11.8 Å². The molecule has 1 spiro atoms. The molecule has 4 aliphatic heterocycles. The van der Waals surface area contributed by atoms with Crippen LogP contribution in [0.3, 0.4) is 0 Å². The first-order valence-corrected chi connectivity index (χ1v) is 28.0. The van der Waals surface area contributed by atoms with Crippen molar-refractivity contribution in [3.05, 3.63) is 98.9 Å². The fraction of sp³-hybridized carbons (Fsp3) is 0.617. The summed E-state index contributed by atoms with van der Waals surface area (Å²) in [7, 11) is 3.55. The highest BCUT2D eigenvalue weighted by Gasteiger charge is 2.40. The highest BCUT2D eigenvalue weighted by atomic mass is 16.2. The molecule has 2 aromatic carbocycles. The van der Waals surface area contributed by atoms with Crippen molar-refractivity contribution in [2.75, 3.05) is 39.8 Å². The second-order valence-electron chi connectivity index (χ2n) is 20.2. The molecule has 3 amide bonds. The molecule has 2 N–H and O–H groups in total. The first-order valence-electron chi connectivity index (χ1n) is 28.0. The number of H-pyrrole nitrogens is 1. The molecule has 0 saturated carbocycles. The summed E-state index contributed by atoms with van der Waals surface area (Å²) in [5.74, 6) is 0.0911. The van der Waals surface area contributed by atoms with Crippen LogP contribution in [0.5, 0.6) is 0 Å². The van der Waals surface area contributed by atoms with E-state index in [1.54, 1.807) is 11.9 Å². The minimum absolute atomic E-state index is 0.172. The van der Waals surface area contributed by atoms with Gasteiger partial charge in [0, 0.05) is 81.8 Å². The van der Waals surface area contributed by atoms with E-state index in [9.17, 15) is 19.2 Å². The van der Waals surface area contributed by atoms with Crippen molar-refractivity contribution < 1.29 is 19.2 Å². The molecule has 4 aliphatic rings. The minimum atomic E-state index is -0.678. The van der Waals surface area contributed by atoms with E-state index in [-0.39, 0.29) is 29.6 Å². The standard InChI is InChI=1S/C51H69N7O4.C5H12.C2H6B.C2H6/c1-7-12-41(43-17-18-46-45(30-53-54-46)42(43)13-8-2)40(35(5)9-3)16-15-39(10-4)56-23-19-51(20-24-56)21-25-57(26-22-51)48(60)34-55-31-36-28-38-33-58(47(14-11-27-59)49(61)52-6)50(62)44(38)29-37(36)32-55;1-3-5-4-2;1-3-2;1-2/h10,15-18,27-30,41,47H,7-9,11-14,19-26,31-34H2,1-6H3,(H,52,61)(H,53,54);3-5H2,1-2H3;1-2H3;1-2H3/b16-15-,39-10+,40-35+;;;. The molecule has 0 aliphatic carbocycles. The first-order chi connectivity index (χ1) is 34.9. The number of aldehydes is 1. The van der Waals surface area contributed by atoms with E-state index in [2.05, 4.69) is 115 Å². The van der Waals surface area contributed by atoms with Crippen molar-refractivity contribution in [3.63, 3.8) is 0 Å². The molecule has 1 aromatic heterocycles. The van der Waals surface area contributed by atoms with Crippen LogP contribution in [0.1, 0.15) is 190 Å². The number of nitrogens with one attached hydrogen (secondary N) is 2. The topological polar surface area (TPSA) is 122 Å².